The smallest absolute Gasteiger partial charge is 0.183 e. The lowest BCUT2D eigenvalue weighted by atomic mass is 10.2. The van der Waals surface area contributed by atoms with Gasteiger partial charge in [-0.25, -0.2) is 4.98 Å². The number of benzene rings is 1. The van der Waals surface area contributed by atoms with E-state index in [4.69, 9.17) is 16.3 Å². The second kappa shape index (κ2) is 6.00. The van der Waals surface area contributed by atoms with E-state index in [1.54, 1.807) is 18.4 Å². The molecule has 0 radical (unpaired) electrons. The molecule has 0 saturated carbocycles. The Hall–Kier alpha value is -1.10. The van der Waals surface area contributed by atoms with Crippen molar-refractivity contribution in [3.8, 4) is 10.4 Å². The number of aromatic nitrogens is 1. The van der Waals surface area contributed by atoms with Gasteiger partial charge in [-0.3, -0.25) is 0 Å². The molecule has 3 nitrogen and oxygen atoms in total. The Morgan fingerprint density at radius 1 is 1.41 bits per heavy atom. The number of rotatable bonds is 5. The molecule has 0 saturated heterocycles. The van der Waals surface area contributed by atoms with Gasteiger partial charge in [0.05, 0.1) is 11.5 Å². The molecule has 90 valence electrons. The molecule has 2 aromatic rings. The summed E-state index contributed by atoms with van der Waals surface area (Å²) < 4.78 is 4.97. The summed E-state index contributed by atoms with van der Waals surface area (Å²) >= 11 is 7.72. The van der Waals surface area contributed by atoms with E-state index in [0.29, 0.717) is 6.61 Å². The highest BCUT2D eigenvalue weighted by atomic mass is 35.5. The first-order valence-corrected chi connectivity index (χ1v) is 6.44. The molecule has 1 N–H and O–H groups in total. The topological polar surface area (TPSA) is 34.1 Å². The van der Waals surface area contributed by atoms with Gasteiger partial charge in [0.2, 0.25) is 0 Å². The molecule has 17 heavy (non-hydrogen) atoms. The van der Waals surface area contributed by atoms with E-state index in [1.807, 2.05) is 30.5 Å². The van der Waals surface area contributed by atoms with Crippen molar-refractivity contribution in [2.75, 3.05) is 25.6 Å². The van der Waals surface area contributed by atoms with Crippen molar-refractivity contribution in [2.24, 2.45) is 0 Å². The third-order valence-corrected chi connectivity index (χ3v) is 3.55. The lowest BCUT2D eigenvalue weighted by molar-refractivity contribution is 0.211. The molecule has 1 aromatic carbocycles. The number of methoxy groups -OCH3 is 1. The minimum atomic E-state index is 0.668. The number of hydrogen-bond donors (Lipinski definition) is 1. The van der Waals surface area contributed by atoms with Gasteiger partial charge in [-0.05, 0) is 6.07 Å². The molecule has 0 fully saturated rings. The van der Waals surface area contributed by atoms with Crippen LogP contribution in [0.2, 0.25) is 5.02 Å². The van der Waals surface area contributed by atoms with Crippen molar-refractivity contribution < 1.29 is 4.74 Å². The van der Waals surface area contributed by atoms with Gasteiger partial charge in [0.1, 0.15) is 0 Å². The van der Waals surface area contributed by atoms with Crippen LogP contribution in [0, 0.1) is 0 Å². The molecule has 0 atom stereocenters. The van der Waals surface area contributed by atoms with E-state index in [1.165, 1.54) is 0 Å². The average molecular weight is 269 g/mol. The van der Waals surface area contributed by atoms with E-state index in [0.717, 1.165) is 27.1 Å². The molecule has 0 amide bonds. The van der Waals surface area contributed by atoms with E-state index in [-0.39, 0.29) is 0 Å². The molecule has 1 heterocycles. The minimum Gasteiger partial charge on any atom is -0.383 e. The third kappa shape index (κ3) is 3.19. The summed E-state index contributed by atoms with van der Waals surface area (Å²) in [6, 6.07) is 7.77. The normalized spacial score (nSPS) is 10.5. The summed E-state index contributed by atoms with van der Waals surface area (Å²) in [5.74, 6) is 0. The highest BCUT2D eigenvalue weighted by molar-refractivity contribution is 7.18. The maximum atomic E-state index is 6.13. The summed E-state index contributed by atoms with van der Waals surface area (Å²) in [5, 5.41) is 4.83. The third-order valence-electron chi connectivity index (χ3n) is 2.23. The molecule has 5 heteroatoms. The molecular weight excluding hydrogens is 256 g/mol. The van der Waals surface area contributed by atoms with Gasteiger partial charge in [0.25, 0.3) is 0 Å². The number of halogens is 1. The standard InChI is InChI=1S/C12H13ClN2OS/c1-16-7-6-14-12-15-8-11(17-12)9-4-2-3-5-10(9)13/h2-5,8H,6-7H2,1H3,(H,14,15). The van der Waals surface area contributed by atoms with Crippen molar-refractivity contribution in [1.29, 1.82) is 0 Å². The Bertz CT molecular complexity index is 487. The van der Waals surface area contributed by atoms with Gasteiger partial charge in [-0.2, -0.15) is 0 Å². The van der Waals surface area contributed by atoms with Crippen LogP contribution in [0.4, 0.5) is 5.13 Å². The average Bonchev–Trinajstić information content (AvgIpc) is 2.79. The molecular formula is C12H13ClN2OS. The van der Waals surface area contributed by atoms with Gasteiger partial charge in [-0.1, -0.05) is 41.1 Å². The Morgan fingerprint density at radius 3 is 3.00 bits per heavy atom. The van der Waals surface area contributed by atoms with Crippen LogP contribution in [0.5, 0.6) is 0 Å². The number of hydrogen-bond acceptors (Lipinski definition) is 4. The molecule has 0 unspecified atom stereocenters. The van der Waals surface area contributed by atoms with E-state index >= 15 is 0 Å². The fourth-order valence-electron chi connectivity index (χ4n) is 1.40. The Balaban J connectivity index is 2.10. The minimum absolute atomic E-state index is 0.668. The molecule has 0 aliphatic rings. The van der Waals surface area contributed by atoms with Crippen LogP contribution in [0.25, 0.3) is 10.4 Å². The monoisotopic (exact) mass is 268 g/mol. The fraction of sp³-hybridized carbons (Fsp3) is 0.250. The van der Waals surface area contributed by atoms with E-state index < -0.39 is 0 Å². The van der Waals surface area contributed by atoms with E-state index in [2.05, 4.69) is 10.3 Å². The first kappa shape index (κ1) is 12.4. The number of ether oxygens (including phenoxy) is 1. The SMILES string of the molecule is COCCNc1ncc(-c2ccccc2Cl)s1. The van der Waals surface area contributed by atoms with Gasteiger partial charge < -0.3 is 10.1 Å². The second-order valence-electron chi connectivity index (χ2n) is 3.43. The fourth-order valence-corrected chi connectivity index (χ4v) is 2.58. The van der Waals surface area contributed by atoms with Gasteiger partial charge in [0, 0.05) is 30.4 Å². The lowest BCUT2D eigenvalue weighted by Crippen LogP contribution is -2.06. The molecule has 2 rings (SSSR count). The summed E-state index contributed by atoms with van der Waals surface area (Å²) in [7, 11) is 1.68. The number of thiazole rings is 1. The maximum absolute atomic E-state index is 6.13. The van der Waals surface area contributed by atoms with Crippen LogP contribution in [0.3, 0.4) is 0 Å². The van der Waals surface area contributed by atoms with Crippen LogP contribution in [-0.2, 0) is 4.74 Å². The molecule has 0 spiro atoms. The number of anilines is 1. The number of nitrogens with zero attached hydrogens (tertiary/aromatic N) is 1. The summed E-state index contributed by atoms with van der Waals surface area (Å²) in [4.78, 5) is 5.36. The van der Waals surface area contributed by atoms with Crippen molar-refractivity contribution in [3.05, 3.63) is 35.5 Å². The molecule has 1 aromatic heterocycles. The Labute approximate surface area is 109 Å². The van der Waals surface area contributed by atoms with Crippen LogP contribution >= 0.6 is 22.9 Å². The van der Waals surface area contributed by atoms with Crippen LogP contribution < -0.4 is 5.32 Å². The van der Waals surface area contributed by atoms with Gasteiger partial charge in [-0.15, -0.1) is 0 Å². The van der Waals surface area contributed by atoms with Crippen molar-refractivity contribution in [3.63, 3.8) is 0 Å². The second-order valence-corrected chi connectivity index (χ2v) is 4.87. The Morgan fingerprint density at radius 2 is 2.24 bits per heavy atom. The van der Waals surface area contributed by atoms with Crippen LogP contribution in [-0.4, -0.2) is 25.2 Å². The highest BCUT2D eigenvalue weighted by Crippen LogP contribution is 2.33. The highest BCUT2D eigenvalue weighted by Gasteiger charge is 2.06. The Kier molecular flexibility index (Phi) is 4.36. The summed E-state index contributed by atoms with van der Waals surface area (Å²) in [6.45, 7) is 1.42. The number of nitrogens with one attached hydrogen (secondary N) is 1. The first-order chi connectivity index (χ1) is 8.31. The predicted octanol–water partition coefficient (Wildman–Crippen LogP) is 3.52. The van der Waals surface area contributed by atoms with E-state index in [9.17, 15) is 0 Å². The lowest BCUT2D eigenvalue weighted by Gasteiger charge is -2.00. The van der Waals surface area contributed by atoms with Crippen molar-refractivity contribution in [2.45, 2.75) is 0 Å². The summed E-state index contributed by atoms with van der Waals surface area (Å²) in [5.41, 5.74) is 1.02. The predicted molar refractivity (Wildman–Crippen MR) is 72.9 cm³/mol. The van der Waals surface area contributed by atoms with Gasteiger partial charge >= 0.3 is 0 Å². The van der Waals surface area contributed by atoms with Gasteiger partial charge in [0.15, 0.2) is 5.13 Å². The van der Waals surface area contributed by atoms with Crippen molar-refractivity contribution in [1.82, 2.24) is 4.98 Å². The first-order valence-electron chi connectivity index (χ1n) is 5.25. The largest absolute Gasteiger partial charge is 0.383 e. The molecule has 0 aliphatic heterocycles. The molecule has 0 bridgehead atoms. The van der Waals surface area contributed by atoms with Crippen molar-refractivity contribution >= 4 is 28.1 Å². The van der Waals surface area contributed by atoms with Crippen LogP contribution in [0.1, 0.15) is 0 Å². The van der Waals surface area contributed by atoms with Crippen LogP contribution in [0.15, 0.2) is 30.5 Å². The molecule has 0 aliphatic carbocycles. The summed E-state index contributed by atoms with van der Waals surface area (Å²) in [6.07, 6.45) is 1.83. The zero-order chi connectivity index (χ0) is 12.1. The zero-order valence-electron chi connectivity index (χ0n) is 9.44. The quantitative estimate of drug-likeness (QED) is 0.843. The zero-order valence-corrected chi connectivity index (χ0v) is 11.0. The maximum Gasteiger partial charge on any atom is 0.183 e.